The van der Waals surface area contributed by atoms with Crippen LogP contribution in [0.3, 0.4) is 0 Å². The molecule has 3 unspecified atom stereocenters. The number of hydrogen-bond donors (Lipinski definition) is 2. The van der Waals surface area contributed by atoms with Crippen LogP contribution in [0.1, 0.15) is 25.3 Å². The molecule has 2 aromatic carbocycles. The van der Waals surface area contributed by atoms with Crippen LogP contribution in [0.4, 0.5) is 0 Å². The minimum absolute atomic E-state index is 0.0509. The zero-order chi connectivity index (χ0) is 19.9. The van der Waals surface area contributed by atoms with Gasteiger partial charge in [0, 0.05) is 13.2 Å². The van der Waals surface area contributed by atoms with E-state index in [1.54, 1.807) is 6.92 Å². The third-order valence-corrected chi connectivity index (χ3v) is 5.09. The van der Waals surface area contributed by atoms with Crippen LogP contribution in [0.5, 0.6) is 0 Å². The van der Waals surface area contributed by atoms with E-state index in [9.17, 15) is 14.7 Å². The Bertz CT molecular complexity index is 815. The Labute approximate surface area is 164 Å². The average Bonchev–Trinajstić information content (AvgIpc) is 3.22. The second kappa shape index (κ2) is 9.66. The highest BCUT2D eigenvalue weighted by atomic mass is 16.5. The summed E-state index contributed by atoms with van der Waals surface area (Å²) in [4.78, 5) is 23.9. The lowest BCUT2D eigenvalue weighted by Gasteiger charge is -2.18. The summed E-state index contributed by atoms with van der Waals surface area (Å²) in [5.41, 5.74) is 0.933. The molecule has 3 rings (SSSR count). The summed E-state index contributed by atoms with van der Waals surface area (Å²) in [6.07, 6.45) is 1.73. The van der Waals surface area contributed by atoms with Gasteiger partial charge in [0.15, 0.2) is 0 Å². The van der Waals surface area contributed by atoms with E-state index in [0.717, 1.165) is 35.8 Å². The number of hydrogen-bond acceptors (Lipinski definition) is 4. The predicted molar refractivity (Wildman–Crippen MR) is 106 cm³/mol. The van der Waals surface area contributed by atoms with Gasteiger partial charge in [0.1, 0.15) is 6.10 Å². The number of carboxylic acid groups (broad SMARTS) is 1. The second-order valence-corrected chi connectivity index (χ2v) is 7.28. The topological polar surface area (TPSA) is 84.9 Å². The van der Waals surface area contributed by atoms with Gasteiger partial charge in [0.25, 0.3) is 0 Å². The number of carbonyl (C=O) groups excluding carboxylic acids is 1. The molecule has 1 aliphatic heterocycles. The van der Waals surface area contributed by atoms with Crippen LogP contribution >= 0.6 is 0 Å². The lowest BCUT2D eigenvalue weighted by Crippen LogP contribution is -2.40. The summed E-state index contributed by atoms with van der Waals surface area (Å²) in [7, 11) is 0. The monoisotopic (exact) mass is 385 g/mol. The highest BCUT2D eigenvalue weighted by molar-refractivity contribution is 5.83. The SMILES string of the molecule is CC(OCC1CCCO1)C(=O)NCC(Cc1ccc2ccccc2c1)C(=O)O. The molecule has 28 heavy (non-hydrogen) atoms. The standard InChI is InChI=1S/C22H27NO5/c1-15(28-14-20-7-4-10-27-20)21(24)23-13-19(22(25)26)12-16-8-9-17-5-2-3-6-18(17)11-16/h2-3,5-6,8-9,11,15,19-20H,4,7,10,12-14H2,1H3,(H,23,24)(H,25,26). The quantitative estimate of drug-likeness (QED) is 0.693. The molecule has 0 aliphatic carbocycles. The number of nitrogens with one attached hydrogen (secondary N) is 1. The third kappa shape index (κ3) is 5.53. The maximum absolute atomic E-state index is 12.2. The molecule has 6 heteroatoms. The molecule has 1 amide bonds. The molecule has 1 aliphatic rings. The molecule has 150 valence electrons. The van der Waals surface area contributed by atoms with Crippen LogP contribution in [0.2, 0.25) is 0 Å². The van der Waals surface area contributed by atoms with Crippen LogP contribution in [-0.2, 0) is 25.5 Å². The van der Waals surface area contributed by atoms with Gasteiger partial charge in [-0.15, -0.1) is 0 Å². The zero-order valence-corrected chi connectivity index (χ0v) is 16.1. The fourth-order valence-electron chi connectivity index (χ4n) is 3.37. The fourth-order valence-corrected chi connectivity index (χ4v) is 3.37. The molecule has 1 heterocycles. The Hall–Kier alpha value is -2.44. The van der Waals surface area contributed by atoms with Crippen molar-refractivity contribution in [3.63, 3.8) is 0 Å². The summed E-state index contributed by atoms with van der Waals surface area (Å²) >= 11 is 0. The minimum Gasteiger partial charge on any atom is -0.481 e. The van der Waals surface area contributed by atoms with Crippen molar-refractivity contribution in [1.29, 1.82) is 0 Å². The Kier molecular flexibility index (Phi) is 7.01. The third-order valence-electron chi connectivity index (χ3n) is 5.09. The van der Waals surface area contributed by atoms with E-state index in [-0.39, 0.29) is 18.6 Å². The molecule has 0 spiro atoms. The zero-order valence-electron chi connectivity index (χ0n) is 16.1. The number of carboxylic acids is 1. The van der Waals surface area contributed by atoms with Crippen LogP contribution in [-0.4, -0.2) is 48.9 Å². The number of carbonyl (C=O) groups is 2. The molecule has 2 N–H and O–H groups in total. The largest absolute Gasteiger partial charge is 0.481 e. The summed E-state index contributed by atoms with van der Waals surface area (Å²) in [6.45, 7) is 2.86. The number of ether oxygens (including phenoxy) is 2. The van der Waals surface area contributed by atoms with E-state index in [1.807, 2.05) is 42.5 Å². The van der Waals surface area contributed by atoms with E-state index in [2.05, 4.69) is 5.32 Å². The number of aliphatic carboxylic acids is 1. The Morgan fingerprint density at radius 2 is 2.04 bits per heavy atom. The van der Waals surface area contributed by atoms with Gasteiger partial charge in [-0.3, -0.25) is 9.59 Å². The predicted octanol–water partition coefficient (Wildman–Crippen LogP) is 2.78. The molecule has 6 nitrogen and oxygen atoms in total. The highest BCUT2D eigenvalue weighted by Gasteiger charge is 2.23. The first-order valence-corrected chi connectivity index (χ1v) is 9.74. The minimum atomic E-state index is -0.929. The fraction of sp³-hybridized carbons (Fsp3) is 0.455. The molecule has 1 fully saturated rings. The number of benzene rings is 2. The Morgan fingerprint density at radius 1 is 1.25 bits per heavy atom. The van der Waals surface area contributed by atoms with Crippen molar-refractivity contribution < 1.29 is 24.2 Å². The summed E-state index contributed by atoms with van der Waals surface area (Å²) in [5.74, 6) is -1.93. The van der Waals surface area contributed by atoms with E-state index in [0.29, 0.717) is 13.0 Å². The van der Waals surface area contributed by atoms with Crippen molar-refractivity contribution >= 4 is 22.6 Å². The van der Waals surface area contributed by atoms with Gasteiger partial charge in [-0.2, -0.15) is 0 Å². The van der Waals surface area contributed by atoms with E-state index in [1.165, 1.54) is 0 Å². The first-order chi connectivity index (χ1) is 13.5. The maximum atomic E-state index is 12.2. The van der Waals surface area contributed by atoms with E-state index < -0.39 is 18.0 Å². The highest BCUT2D eigenvalue weighted by Crippen LogP contribution is 2.18. The molecule has 3 atom stereocenters. The van der Waals surface area contributed by atoms with Crippen LogP contribution in [0, 0.1) is 5.92 Å². The van der Waals surface area contributed by atoms with Gasteiger partial charge in [0.2, 0.25) is 5.91 Å². The Morgan fingerprint density at radius 3 is 2.75 bits per heavy atom. The normalized spacial score (nSPS) is 18.7. The first-order valence-electron chi connectivity index (χ1n) is 9.74. The maximum Gasteiger partial charge on any atom is 0.308 e. The molecular weight excluding hydrogens is 358 g/mol. The summed E-state index contributed by atoms with van der Waals surface area (Å²) < 4.78 is 11.0. The molecule has 0 aromatic heterocycles. The molecule has 0 radical (unpaired) electrons. The number of fused-ring (bicyclic) bond motifs is 1. The molecule has 0 bridgehead atoms. The molecule has 2 aromatic rings. The van der Waals surface area contributed by atoms with E-state index >= 15 is 0 Å². The van der Waals surface area contributed by atoms with Gasteiger partial charge in [-0.25, -0.2) is 0 Å². The number of rotatable bonds is 9. The average molecular weight is 385 g/mol. The van der Waals surface area contributed by atoms with Gasteiger partial charge in [0.05, 0.1) is 18.6 Å². The second-order valence-electron chi connectivity index (χ2n) is 7.28. The lowest BCUT2D eigenvalue weighted by molar-refractivity contribution is -0.142. The van der Waals surface area contributed by atoms with E-state index in [4.69, 9.17) is 9.47 Å². The summed E-state index contributed by atoms with van der Waals surface area (Å²) in [6, 6.07) is 13.9. The van der Waals surface area contributed by atoms with Gasteiger partial charge < -0.3 is 19.9 Å². The van der Waals surface area contributed by atoms with Gasteiger partial charge in [-0.1, -0.05) is 42.5 Å². The molecule has 0 saturated carbocycles. The molecular formula is C22H27NO5. The van der Waals surface area contributed by atoms with Crippen LogP contribution in [0.25, 0.3) is 10.8 Å². The van der Waals surface area contributed by atoms with Crippen molar-refractivity contribution in [2.24, 2.45) is 5.92 Å². The Balaban J connectivity index is 1.51. The summed E-state index contributed by atoms with van der Waals surface area (Å²) in [5, 5.41) is 14.4. The molecule has 1 saturated heterocycles. The van der Waals surface area contributed by atoms with Crippen molar-refractivity contribution in [3.8, 4) is 0 Å². The van der Waals surface area contributed by atoms with Crippen LogP contribution in [0.15, 0.2) is 42.5 Å². The first kappa shape index (κ1) is 20.3. The van der Waals surface area contributed by atoms with Crippen LogP contribution < -0.4 is 5.32 Å². The van der Waals surface area contributed by atoms with Crippen molar-refractivity contribution in [2.45, 2.75) is 38.4 Å². The van der Waals surface area contributed by atoms with Gasteiger partial charge >= 0.3 is 5.97 Å². The van der Waals surface area contributed by atoms with Crippen molar-refractivity contribution in [1.82, 2.24) is 5.32 Å². The smallest absolute Gasteiger partial charge is 0.308 e. The van der Waals surface area contributed by atoms with Gasteiger partial charge in [-0.05, 0) is 42.5 Å². The van der Waals surface area contributed by atoms with Crippen molar-refractivity contribution in [3.05, 3.63) is 48.0 Å². The number of amides is 1. The van der Waals surface area contributed by atoms with Crippen molar-refractivity contribution in [2.75, 3.05) is 19.8 Å². The lowest BCUT2D eigenvalue weighted by atomic mass is 9.97.